The smallest absolute Gasteiger partial charge is 0.246 e. The molecule has 0 fully saturated rings. The van der Waals surface area contributed by atoms with Crippen molar-refractivity contribution in [3.63, 3.8) is 0 Å². The summed E-state index contributed by atoms with van der Waals surface area (Å²) in [7, 11) is 5.03. The van der Waals surface area contributed by atoms with Gasteiger partial charge in [0.25, 0.3) is 0 Å². The van der Waals surface area contributed by atoms with Crippen molar-refractivity contribution in [2.45, 2.75) is 38.5 Å². The summed E-state index contributed by atoms with van der Waals surface area (Å²) in [4.78, 5) is 33.9. The monoisotopic (exact) mass is 712 g/mol. The fourth-order valence-electron chi connectivity index (χ4n) is 6.99. The number of fused-ring (bicyclic) bond motifs is 3. The Hall–Kier alpha value is -4.98. The fourth-order valence-corrected chi connectivity index (χ4v) is 7.94. The average Bonchev–Trinajstić information content (AvgIpc) is 3.79. The third-order valence-corrected chi connectivity index (χ3v) is 10.5. The second kappa shape index (κ2) is 14.0. The molecule has 0 aliphatic carbocycles. The lowest BCUT2D eigenvalue weighted by Crippen LogP contribution is -2.47. The molecule has 7 rings (SSSR count). The molecular formula is C38H38F2N6O4S. The van der Waals surface area contributed by atoms with Crippen LogP contribution >= 0.6 is 11.3 Å². The predicted octanol–water partition coefficient (Wildman–Crippen LogP) is 5.99. The van der Waals surface area contributed by atoms with E-state index in [1.54, 1.807) is 23.9 Å². The van der Waals surface area contributed by atoms with Gasteiger partial charge < -0.3 is 24.6 Å². The molecule has 0 saturated carbocycles. The molecular weight excluding hydrogens is 675 g/mol. The lowest BCUT2D eigenvalue weighted by molar-refractivity contribution is -0.131. The quantitative estimate of drug-likeness (QED) is 0.148. The van der Waals surface area contributed by atoms with Gasteiger partial charge in [0.1, 0.15) is 35.4 Å². The van der Waals surface area contributed by atoms with E-state index in [0.717, 1.165) is 38.5 Å². The Balaban J connectivity index is 1.43. The van der Waals surface area contributed by atoms with Crippen molar-refractivity contribution in [3.8, 4) is 39.5 Å². The summed E-state index contributed by atoms with van der Waals surface area (Å²) >= 11 is 1.42. The van der Waals surface area contributed by atoms with Gasteiger partial charge in [-0.05, 0) is 54.1 Å². The number of amides is 2. The molecule has 2 amide bonds. The Morgan fingerprint density at radius 2 is 1.90 bits per heavy atom. The van der Waals surface area contributed by atoms with Gasteiger partial charge in [-0.25, -0.2) is 13.8 Å². The molecule has 2 atom stereocenters. The van der Waals surface area contributed by atoms with Crippen LogP contribution in [0.3, 0.4) is 0 Å². The van der Waals surface area contributed by atoms with E-state index in [2.05, 4.69) is 18.0 Å². The molecule has 13 heteroatoms. The SMILES string of the molecule is C=CC(=O)N1CCn2nc(-c3nc(-c4ccc5c(c4)CN[C@@H](C(=O)N(C)C)C5)c4ccsc4c3-c3c(F)cc(F)cc3OCCOC)cc2[C@H]1C. The lowest BCUT2D eigenvalue weighted by atomic mass is 9.91. The number of hydrogen-bond donors (Lipinski definition) is 1. The Morgan fingerprint density at radius 3 is 2.67 bits per heavy atom. The fraction of sp³-hybridized carbons (Fsp3) is 0.316. The van der Waals surface area contributed by atoms with Gasteiger partial charge in [0.2, 0.25) is 11.8 Å². The van der Waals surface area contributed by atoms with Crippen LogP contribution in [0.4, 0.5) is 8.78 Å². The van der Waals surface area contributed by atoms with Gasteiger partial charge in [0.15, 0.2) is 0 Å². The maximum atomic E-state index is 16.2. The summed E-state index contributed by atoms with van der Waals surface area (Å²) in [5, 5.41) is 11.0. The largest absolute Gasteiger partial charge is 0.490 e. The molecule has 1 N–H and O–H groups in total. The minimum absolute atomic E-state index is 0.0248. The van der Waals surface area contributed by atoms with E-state index >= 15 is 4.39 Å². The van der Waals surface area contributed by atoms with Gasteiger partial charge in [-0.2, -0.15) is 5.10 Å². The molecule has 0 saturated heterocycles. The number of halogens is 2. The first-order chi connectivity index (χ1) is 24.6. The number of benzene rings is 2. The van der Waals surface area contributed by atoms with E-state index in [1.165, 1.54) is 30.6 Å². The topological polar surface area (TPSA) is 102 Å². The van der Waals surface area contributed by atoms with Gasteiger partial charge >= 0.3 is 0 Å². The van der Waals surface area contributed by atoms with Crippen molar-refractivity contribution in [1.29, 1.82) is 0 Å². The second-order valence-electron chi connectivity index (χ2n) is 12.9. The Morgan fingerprint density at radius 1 is 1.08 bits per heavy atom. The lowest BCUT2D eigenvalue weighted by Gasteiger charge is -2.33. The van der Waals surface area contributed by atoms with Crippen LogP contribution < -0.4 is 10.1 Å². The number of methoxy groups -OCH3 is 1. The maximum absolute atomic E-state index is 16.2. The summed E-state index contributed by atoms with van der Waals surface area (Å²) in [6.07, 6.45) is 1.87. The van der Waals surface area contributed by atoms with Gasteiger partial charge in [-0.1, -0.05) is 18.7 Å². The third kappa shape index (κ3) is 6.30. The zero-order valence-corrected chi connectivity index (χ0v) is 29.7. The molecule has 5 aromatic rings. The standard InChI is InChI=1S/C38H38F2N6O4S/c1-6-32(47)45-10-11-46-30(21(45)2)19-28(43-46)36-34(33-27(40)17-25(39)18-31(33)50-13-12-49-5)37-26(9-14-51-37)35(42-36)23-8-7-22-16-29(38(48)44(3)4)41-20-24(22)15-23/h6-9,14-15,17-19,21,29,41H,1,10-13,16,20H2,2-5H3/t21-,29-/m1/s1. The van der Waals surface area contributed by atoms with Crippen LogP contribution in [0.15, 0.2) is 60.5 Å². The first-order valence-electron chi connectivity index (χ1n) is 16.7. The summed E-state index contributed by atoms with van der Waals surface area (Å²) in [6, 6.07) is 11.4. The third-order valence-electron chi connectivity index (χ3n) is 9.56. The van der Waals surface area contributed by atoms with Crippen molar-refractivity contribution in [1.82, 2.24) is 29.9 Å². The van der Waals surface area contributed by atoms with Crippen molar-refractivity contribution in [2.24, 2.45) is 0 Å². The van der Waals surface area contributed by atoms with E-state index in [9.17, 15) is 14.0 Å². The van der Waals surface area contributed by atoms with Crippen LogP contribution in [0.2, 0.25) is 0 Å². The number of pyridine rings is 1. The molecule has 0 radical (unpaired) electrons. The zero-order chi connectivity index (χ0) is 36.0. The first kappa shape index (κ1) is 34.5. The highest BCUT2D eigenvalue weighted by Gasteiger charge is 2.32. The van der Waals surface area contributed by atoms with Gasteiger partial charge in [0, 0.05) is 67.6 Å². The highest BCUT2D eigenvalue weighted by Crippen LogP contribution is 2.47. The molecule has 51 heavy (non-hydrogen) atoms. The molecule has 10 nitrogen and oxygen atoms in total. The second-order valence-corrected chi connectivity index (χ2v) is 13.8. The number of rotatable bonds is 9. The van der Waals surface area contributed by atoms with E-state index in [0.29, 0.717) is 48.7 Å². The molecule has 0 spiro atoms. The van der Waals surface area contributed by atoms with Gasteiger partial charge in [-0.15, -0.1) is 11.3 Å². The van der Waals surface area contributed by atoms with Gasteiger partial charge in [-0.3, -0.25) is 14.3 Å². The van der Waals surface area contributed by atoms with Crippen molar-refractivity contribution in [2.75, 3.05) is 41.0 Å². The van der Waals surface area contributed by atoms with Crippen LogP contribution in [-0.2, 0) is 33.8 Å². The average molecular weight is 713 g/mol. The number of thiophene rings is 1. The summed E-state index contributed by atoms with van der Waals surface area (Å²) in [5.41, 5.74) is 5.83. The van der Waals surface area contributed by atoms with E-state index in [-0.39, 0.29) is 48.4 Å². The predicted molar refractivity (Wildman–Crippen MR) is 192 cm³/mol. The maximum Gasteiger partial charge on any atom is 0.246 e. The Labute approximate surface area is 298 Å². The summed E-state index contributed by atoms with van der Waals surface area (Å²) < 4.78 is 44.6. The Bertz CT molecular complexity index is 2180. The number of nitrogens with one attached hydrogen (secondary N) is 1. The van der Waals surface area contributed by atoms with E-state index in [1.807, 2.05) is 41.3 Å². The normalized spacial score (nSPS) is 16.9. The van der Waals surface area contributed by atoms with Crippen molar-refractivity contribution >= 4 is 33.2 Å². The Kier molecular flexibility index (Phi) is 9.44. The highest BCUT2D eigenvalue weighted by atomic mass is 32.1. The highest BCUT2D eigenvalue weighted by molar-refractivity contribution is 7.18. The van der Waals surface area contributed by atoms with Crippen LogP contribution in [0.25, 0.3) is 43.9 Å². The van der Waals surface area contributed by atoms with Crippen molar-refractivity contribution in [3.05, 3.63) is 89.0 Å². The number of hydrogen-bond acceptors (Lipinski definition) is 8. The number of carbonyl (C=O) groups excluding carboxylic acids is 2. The molecule has 2 aliphatic rings. The molecule has 264 valence electrons. The zero-order valence-electron chi connectivity index (χ0n) is 28.8. The minimum atomic E-state index is -0.797. The van der Waals surface area contributed by atoms with E-state index < -0.39 is 11.6 Å². The number of ether oxygens (including phenoxy) is 2. The summed E-state index contributed by atoms with van der Waals surface area (Å²) in [6.45, 7) is 7.30. The number of likely N-dealkylation sites (N-methyl/N-ethyl adjacent to an activating group) is 1. The summed E-state index contributed by atoms with van der Waals surface area (Å²) in [5.74, 6) is -1.69. The van der Waals surface area contributed by atoms with Crippen molar-refractivity contribution < 1.29 is 27.8 Å². The molecule has 3 aromatic heterocycles. The molecule has 2 aromatic carbocycles. The van der Waals surface area contributed by atoms with E-state index in [4.69, 9.17) is 19.6 Å². The minimum Gasteiger partial charge on any atom is -0.490 e. The van der Waals surface area contributed by atoms with Crippen LogP contribution in [-0.4, -0.2) is 83.4 Å². The first-order valence-corrected chi connectivity index (χ1v) is 17.6. The van der Waals surface area contributed by atoms with Crippen LogP contribution in [0.5, 0.6) is 5.75 Å². The molecule has 0 unspecified atom stereocenters. The number of aromatic nitrogens is 3. The van der Waals surface area contributed by atoms with Gasteiger partial charge in [0.05, 0.1) is 42.2 Å². The number of carbonyl (C=O) groups is 2. The van der Waals surface area contributed by atoms with Crippen LogP contribution in [0, 0.1) is 11.6 Å². The number of nitrogens with zero attached hydrogens (tertiary/aromatic N) is 5. The van der Waals surface area contributed by atoms with Crippen LogP contribution in [0.1, 0.15) is 29.8 Å². The molecule has 2 aliphatic heterocycles. The molecule has 5 heterocycles. The molecule has 0 bridgehead atoms.